The van der Waals surface area contributed by atoms with Crippen molar-refractivity contribution < 1.29 is 13.2 Å². The summed E-state index contributed by atoms with van der Waals surface area (Å²) < 4.78 is 26.9. The van der Waals surface area contributed by atoms with Crippen LogP contribution < -0.4 is 5.32 Å². The van der Waals surface area contributed by atoms with Crippen LogP contribution in [0.25, 0.3) is 0 Å². The van der Waals surface area contributed by atoms with Crippen molar-refractivity contribution in [2.75, 3.05) is 18.4 Å². The van der Waals surface area contributed by atoms with E-state index in [4.69, 9.17) is 0 Å². The lowest BCUT2D eigenvalue weighted by atomic mass is 9.90. The molecule has 1 aromatic heterocycles. The van der Waals surface area contributed by atoms with Gasteiger partial charge in [0.1, 0.15) is 5.01 Å². The van der Waals surface area contributed by atoms with Gasteiger partial charge in [-0.1, -0.05) is 36.7 Å². The smallest absolute Gasteiger partial charge is 0.257 e. The van der Waals surface area contributed by atoms with Gasteiger partial charge in [-0.15, -0.1) is 10.2 Å². The second-order valence-electron chi connectivity index (χ2n) is 7.37. The molecule has 1 saturated heterocycles. The predicted molar refractivity (Wildman–Crippen MR) is 108 cm³/mol. The maximum absolute atomic E-state index is 12.7. The Bertz CT molecular complexity index is 946. The van der Waals surface area contributed by atoms with Crippen molar-refractivity contribution >= 4 is 32.4 Å². The number of carbonyl (C=O) groups excluding carboxylic acids is 1. The van der Waals surface area contributed by atoms with Crippen LogP contribution in [-0.2, 0) is 10.0 Å². The topological polar surface area (TPSA) is 92.3 Å². The minimum Gasteiger partial charge on any atom is -0.296 e. The monoisotopic (exact) mass is 420 g/mol. The average molecular weight is 421 g/mol. The molecule has 1 aliphatic heterocycles. The van der Waals surface area contributed by atoms with Crippen LogP contribution in [-0.4, -0.2) is 41.9 Å². The Balaban J connectivity index is 1.47. The van der Waals surface area contributed by atoms with E-state index < -0.39 is 10.0 Å². The van der Waals surface area contributed by atoms with Crippen LogP contribution in [0, 0.1) is 0 Å². The highest BCUT2D eigenvalue weighted by atomic mass is 32.2. The molecule has 1 aliphatic carbocycles. The van der Waals surface area contributed by atoms with E-state index in [1.54, 1.807) is 12.1 Å². The minimum absolute atomic E-state index is 0.155. The van der Waals surface area contributed by atoms with Crippen LogP contribution in [0.3, 0.4) is 0 Å². The molecule has 2 aromatic rings. The molecule has 2 heterocycles. The second-order valence-corrected chi connectivity index (χ2v) is 10.3. The molecule has 0 radical (unpaired) electrons. The molecule has 2 fully saturated rings. The number of anilines is 1. The first kappa shape index (κ1) is 19.5. The third kappa shape index (κ3) is 4.11. The fourth-order valence-corrected chi connectivity index (χ4v) is 6.32. The number of amides is 1. The molecular formula is C19H24N4O3S2. The van der Waals surface area contributed by atoms with Crippen molar-refractivity contribution in [2.45, 2.75) is 55.8 Å². The number of hydrogen-bond donors (Lipinski definition) is 1. The Kier molecular flexibility index (Phi) is 5.75. The first-order valence-electron chi connectivity index (χ1n) is 9.79. The summed E-state index contributed by atoms with van der Waals surface area (Å²) in [6.45, 7) is 1.07. The van der Waals surface area contributed by atoms with Gasteiger partial charge in [-0.2, -0.15) is 4.31 Å². The number of benzene rings is 1. The van der Waals surface area contributed by atoms with Gasteiger partial charge in [-0.05, 0) is 43.9 Å². The van der Waals surface area contributed by atoms with E-state index in [-0.39, 0.29) is 10.8 Å². The highest BCUT2D eigenvalue weighted by molar-refractivity contribution is 7.89. The molecule has 1 saturated carbocycles. The van der Waals surface area contributed by atoms with E-state index >= 15 is 0 Å². The van der Waals surface area contributed by atoms with Crippen molar-refractivity contribution in [3.8, 4) is 0 Å². The minimum atomic E-state index is -3.55. The highest BCUT2D eigenvalue weighted by Crippen LogP contribution is 2.35. The predicted octanol–water partition coefficient (Wildman–Crippen LogP) is 3.62. The van der Waals surface area contributed by atoms with Crippen molar-refractivity contribution in [3.63, 3.8) is 0 Å². The van der Waals surface area contributed by atoms with Crippen molar-refractivity contribution in [2.24, 2.45) is 0 Å². The molecule has 9 heteroatoms. The van der Waals surface area contributed by atoms with Crippen molar-refractivity contribution in [1.29, 1.82) is 0 Å². The van der Waals surface area contributed by atoms with Gasteiger partial charge >= 0.3 is 0 Å². The van der Waals surface area contributed by atoms with Crippen LogP contribution in [0.4, 0.5) is 5.13 Å². The number of carbonyl (C=O) groups is 1. The zero-order valence-corrected chi connectivity index (χ0v) is 17.3. The summed E-state index contributed by atoms with van der Waals surface area (Å²) >= 11 is 1.41. The van der Waals surface area contributed by atoms with Crippen LogP contribution >= 0.6 is 11.3 Å². The number of rotatable bonds is 5. The second kappa shape index (κ2) is 8.26. The Morgan fingerprint density at radius 3 is 2.57 bits per heavy atom. The van der Waals surface area contributed by atoms with Gasteiger partial charge in [0.25, 0.3) is 5.91 Å². The van der Waals surface area contributed by atoms with E-state index in [9.17, 15) is 13.2 Å². The third-order valence-corrected chi connectivity index (χ3v) is 8.31. The van der Waals surface area contributed by atoms with Crippen LogP contribution in [0.5, 0.6) is 0 Å². The van der Waals surface area contributed by atoms with Crippen LogP contribution in [0.2, 0.25) is 0 Å². The number of nitrogens with zero attached hydrogens (tertiary/aromatic N) is 3. The highest BCUT2D eigenvalue weighted by Gasteiger charge is 2.28. The van der Waals surface area contributed by atoms with E-state index in [1.165, 1.54) is 47.0 Å². The maximum Gasteiger partial charge on any atom is 0.257 e. The molecule has 7 nitrogen and oxygen atoms in total. The average Bonchev–Trinajstić information content (AvgIpc) is 3.41. The Morgan fingerprint density at radius 1 is 1.07 bits per heavy atom. The fraction of sp³-hybridized carbons (Fsp3) is 0.526. The summed E-state index contributed by atoms with van der Waals surface area (Å²) in [4.78, 5) is 12.8. The van der Waals surface area contributed by atoms with Gasteiger partial charge in [-0.25, -0.2) is 8.42 Å². The zero-order chi connectivity index (χ0) is 19.6. The van der Waals surface area contributed by atoms with E-state index in [2.05, 4.69) is 15.5 Å². The normalized spacial score (nSPS) is 19.0. The summed E-state index contributed by atoms with van der Waals surface area (Å²) in [5.74, 6) is 0.0654. The SMILES string of the molecule is O=C(Nc1nnc(C2CCCCC2)s1)c1cccc(S(=O)(=O)N2CCCC2)c1. The Hall–Kier alpha value is -1.84. The molecular weight excluding hydrogens is 396 g/mol. The lowest BCUT2D eigenvalue weighted by molar-refractivity contribution is 0.102. The quantitative estimate of drug-likeness (QED) is 0.797. The molecule has 0 bridgehead atoms. The van der Waals surface area contributed by atoms with Crippen LogP contribution in [0.1, 0.15) is 66.2 Å². The number of aromatic nitrogens is 2. The largest absolute Gasteiger partial charge is 0.296 e. The summed E-state index contributed by atoms with van der Waals surface area (Å²) in [5, 5.41) is 12.5. The Labute approximate surface area is 169 Å². The van der Waals surface area contributed by atoms with Crippen molar-refractivity contribution in [3.05, 3.63) is 34.8 Å². The van der Waals surface area contributed by atoms with E-state index in [0.717, 1.165) is 30.7 Å². The maximum atomic E-state index is 12.7. The van der Waals surface area contributed by atoms with Gasteiger partial charge < -0.3 is 0 Å². The third-order valence-electron chi connectivity index (χ3n) is 5.41. The zero-order valence-electron chi connectivity index (χ0n) is 15.6. The lowest BCUT2D eigenvalue weighted by Gasteiger charge is -2.18. The van der Waals surface area contributed by atoms with Crippen molar-refractivity contribution in [1.82, 2.24) is 14.5 Å². The summed E-state index contributed by atoms with van der Waals surface area (Å²) in [6, 6.07) is 6.19. The molecule has 2 aliphatic rings. The fourth-order valence-electron chi connectivity index (χ4n) is 3.84. The summed E-state index contributed by atoms with van der Waals surface area (Å²) in [5.41, 5.74) is 0.301. The Morgan fingerprint density at radius 2 is 1.82 bits per heavy atom. The van der Waals surface area contributed by atoms with Gasteiger partial charge in [-0.3, -0.25) is 10.1 Å². The first-order chi connectivity index (χ1) is 13.5. The summed E-state index contributed by atoms with van der Waals surface area (Å²) in [6.07, 6.45) is 7.70. The molecule has 1 N–H and O–H groups in total. The first-order valence-corrected chi connectivity index (χ1v) is 12.0. The van der Waals surface area contributed by atoms with E-state index in [0.29, 0.717) is 29.7 Å². The van der Waals surface area contributed by atoms with Gasteiger partial charge in [0, 0.05) is 24.6 Å². The molecule has 1 amide bonds. The van der Waals surface area contributed by atoms with E-state index in [1.807, 2.05) is 0 Å². The lowest BCUT2D eigenvalue weighted by Crippen LogP contribution is -2.28. The van der Waals surface area contributed by atoms with Gasteiger partial charge in [0.2, 0.25) is 15.2 Å². The number of sulfonamides is 1. The molecule has 4 rings (SSSR count). The molecule has 0 unspecified atom stereocenters. The molecule has 1 aromatic carbocycles. The summed E-state index contributed by atoms with van der Waals surface area (Å²) in [7, 11) is -3.55. The van der Waals surface area contributed by atoms with Gasteiger partial charge in [0.15, 0.2) is 0 Å². The molecule has 0 atom stereocenters. The molecule has 28 heavy (non-hydrogen) atoms. The number of nitrogens with one attached hydrogen (secondary N) is 1. The van der Waals surface area contributed by atoms with Gasteiger partial charge in [0.05, 0.1) is 4.90 Å². The molecule has 150 valence electrons. The molecule has 0 spiro atoms. The standard InChI is InChI=1S/C19H24N4O3S2/c24-17(20-19-22-21-18(27-19)14-7-2-1-3-8-14)15-9-6-10-16(13-15)28(25,26)23-11-4-5-12-23/h6,9-10,13-14H,1-5,7-8,11-12H2,(H,20,22,24). The van der Waals surface area contributed by atoms with Crippen LogP contribution in [0.15, 0.2) is 29.2 Å². The number of hydrogen-bond acceptors (Lipinski definition) is 6.